The lowest BCUT2D eigenvalue weighted by molar-refractivity contribution is -0.109. The Morgan fingerprint density at radius 1 is 1.08 bits per heavy atom. The quantitative estimate of drug-likeness (QED) is 0.710. The van der Waals surface area contributed by atoms with E-state index in [0.717, 1.165) is 11.8 Å². The zero-order valence-corrected chi connectivity index (χ0v) is 15.0. The van der Waals surface area contributed by atoms with E-state index >= 15 is 0 Å². The number of ether oxygens (including phenoxy) is 2. The van der Waals surface area contributed by atoms with E-state index in [2.05, 4.69) is 0 Å². The molecule has 0 heterocycles. The maximum Gasteiger partial charge on any atom is 0.179 e. The van der Waals surface area contributed by atoms with E-state index < -0.39 is 15.3 Å². The van der Waals surface area contributed by atoms with Crippen LogP contribution in [-0.4, -0.2) is 34.7 Å². The highest BCUT2D eigenvalue weighted by Gasteiger charge is 2.57. The van der Waals surface area contributed by atoms with Crippen molar-refractivity contribution in [3.8, 4) is 11.5 Å². The van der Waals surface area contributed by atoms with E-state index in [9.17, 15) is 13.2 Å². The molecule has 2 unspecified atom stereocenters. The van der Waals surface area contributed by atoms with Crippen LogP contribution in [0.25, 0.3) is 0 Å². The summed E-state index contributed by atoms with van der Waals surface area (Å²) in [5.41, 5.74) is 0.241. The lowest BCUT2D eigenvalue weighted by Gasteiger charge is -2.18. The average molecular weight is 360 g/mol. The molecule has 0 aliphatic heterocycles. The second-order valence-electron chi connectivity index (χ2n) is 6.24. The van der Waals surface area contributed by atoms with Gasteiger partial charge in [0, 0.05) is 17.4 Å². The zero-order chi connectivity index (χ0) is 18.1. The first-order chi connectivity index (χ1) is 12.0. The van der Waals surface area contributed by atoms with Gasteiger partial charge in [-0.3, -0.25) is 0 Å². The molecule has 0 aromatic heterocycles. The number of carbonyl (C=O) groups excluding carboxylic acids is 1. The number of rotatable bonds is 7. The molecule has 1 aliphatic rings. The van der Waals surface area contributed by atoms with Gasteiger partial charge in [-0.2, -0.15) is 0 Å². The van der Waals surface area contributed by atoms with Gasteiger partial charge in [0.25, 0.3) is 0 Å². The topological polar surface area (TPSA) is 69.7 Å². The van der Waals surface area contributed by atoms with Crippen molar-refractivity contribution >= 4 is 16.1 Å². The normalized spacial score (nSPS) is 22.2. The molecule has 0 saturated heterocycles. The summed E-state index contributed by atoms with van der Waals surface area (Å²) in [6.07, 6.45) is 1.41. The maximum atomic E-state index is 13.0. The van der Waals surface area contributed by atoms with E-state index in [4.69, 9.17) is 9.47 Å². The Kier molecular flexibility index (Phi) is 4.56. The molecule has 1 fully saturated rings. The molecule has 0 bridgehead atoms. The fourth-order valence-corrected chi connectivity index (χ4v) is 5.20. The van der Waals surface area contributed by atoms with Crippen LogP contribution in [0.5, 0.6) is 11.5 Å². The van der Waals surface area contributed by atoms with Gasteiger partial charge < -0.3 is 14.3 Å². The third kappa shape index (κ3) is 3.14. The molecule has 2 aromatic carbocycles. The number of sulfone groups is 1. The highest BCUT2D eigenvalue weighted by molar-refractivity contribution is 7.91. The number of methoxy groups -OCH3 is 2. The molecule has 6 heteroatoms. The van der Waals surface area contributed by atoms with Crippen molar-refractivity contribution in [1.82, 2.24) is 0 Å². The Bertz CT molecular complexity index is 876. The number of aldehydes is 1. The molecule has 132 valence electrons. The van der Waals surface area contributed by atoms with Crippen molar-refractivity contribution in [1.29, 1.82) is 0 Å². The van der Waals surface area contributed by atoms with Crippen LogP contribution in [0.15, 0.2) is 53.4 Å². The van der Waals surface area contributed by atoms with Gasteiger partial charge in [-0.1, -0.05) is 30.3 Å². The Hall–Kier alpha value is -2.34. The average Bonchev–Trinajstić information content (AvgIpc) is 3.35. The van der Waals surface area contributed by atoms with Crippen LogP contribution < -0.4 is 9.47 Å². The first kappa shape index (κ1) is 17.5. The summed E-state index contributed by atoms with van der Waals surface area (Å²) in [5.74, 6) is 0.449. The van der Waals surface area contributed by atoms with Crippen molar-refractivity contribution in [2.45, 2.75) is 16.7 Å². The molecule has 25 heavy (non-hydrogen) atoms. The second kappa shape index (κ2) is 6.52. The van der Waals surface area contributed by atoms with E-state index in [1.165, 1.54) is 26.4 Å². The molecule has 0 N–H and O–H groups in total. The summed E-state index contributed by atoms with van der Waals surface area (Å²) in [5, 5.41) is 0. The molecule has 1 saturated carbocycles. The highest BCUT2D eigenvalue weighted by atomic mass is 32.2. The molecule has 0 spiro atoms. The van der Waals surface area contributed by atoms with Crippen molar-refractivity contribution in [2.75, 3.05) is 20.0 Å². The molecular weight excluding hydrogens is 340 g/mol. The van der Waals surface area contributed by atoms with Crippen LogP contribution in [0.1, 0.15) is 12.0 Å². The van der Waals surface area contributed by atoms with Crippen molar-refractivity contribution in [2.24, 2.45) is 5.92 Å². The monoisotopic (exact) mass is 360 g/mol. The lowest BCUT2D eigenvalue weighted by Crippen LogP contribution is -2.24. The van der Waals surface area contributed by atoms with Gasteiger partial charge in [0.1, 0.15) is 6.29 Å². The Morgan fingerprint density at radius 2 is 1.76 bits per heavy atom. The van der Waals surface area contributed by atoms with Crippen molar-refractivity contribution in [3.63, 3.8) is 0 Å². The minimum absolute atomic E-state index is 0.108. The van der Waals surface area contributed by atoms with Gasteiger partial charge in [-0.05, 0) is 24.1 Å². The fraction of sp³-hybridized carbons (Fsp3) is 0.316. The minimum Gasteiger partial charge on any atom is -0.493 e. The third-order valence-electron chi connectivity index (χ3n) is 4.81. The summed E-state index contributed by atoms with van der Waals surface area (Å²) < 4.78 is 36.3. The minimum atomic E-state index is -3.60. The Balaban J connectivity index is 1.97. The van der Waals surface area contributed by atoms with Crippen LogP contribution in [0.2, 0.25) is 0 Å². The smallest absolute Gasteiger partial charge is 0.179 e. The molecule has 0 amide bonds. The molecule has 5 nitrogen and oxygen atoms in total. The summed E-state index contributed by atoms with van der Waals surface area (Å²) >= 11 is 0. The predicted molar refractivity (Wildman–Crippen MR) is 93.9 cm³/mol. The van der Waals surface area contributed by atoms with Crippen molar-refractivity contribution < 1.29 is 22.7 Å². The van der Waals surface area contributed by atoms with Crippen LogP contribution in [-0.2, 0) is 20.0 Å². The molecule has 1 aliphatic carbocycles. The Morgan fingerprint density at radius 3 is 2.32 bits per heavy atom. The summed E-state index contributed by atoms with van der Waals surface area (Å²) in [7, 11) is -0.642. The first-order valence-electron chi connectivity index (χ1n) is 7.92. The zero-order valence-electron chi connectivity index (χ0n) is 14.1. The lowest BCUT2D eigenvalue weighted by atomic mass is 9.96. The number of benzene rings is 2. The number of carbonyl (C=O) groups is 1. The molecule has 2 aromatic rings. The van der Waals surface area contributed by atoms with Gasteiger partial charge >= 0.3 is 0 Å². The first-order valence-corrected chi connectivity index (χ1v) is 9.57. The molecular formula is C19H20O5S. The van der Waals surface area contributed by atoms with Crippen LogP contribution in [0, 0.1) is 5.92 Å². The van der Waals surface area contributed by atoms with Gasteiger partial charge in [0.05, 0.1) is 24.9 Å². The van der Waals surface area contributed by atoms with Gasteiger partial charge in [0.2, 0.25) is 0 Å². The number of hydrogen-bond donors (Lipinski definition) is 0. The summed E-state index contributed by atoms with van der Waals surface area (Å²) in [6.45, 7) is 0. The van der Waals surface area contributed by atoms with E-state index in [1.807, 2.05) is 30.3 Å². The molecule has 0 radical (unpaired) electrons. The van der Waals surface area contributed by atoms with Crippen molar-refractivity contribution in [3.05, 3.63) is 54.1 Å². The second-order valence-corrected chi connectivity index (χ2v) is 8.23. The molecule has 2 atom stereocenters. The SMILES string of the molecule is COc1ccc(S(=O)(=O)CC2(c3ccccc3)CC2C=O)cc1OC. The van der Waals surface area contributed by atoms with Crippen LogP contribution >= 0.6 is 0 Å². The largest absolute Gasteiger partial charge is 0.493 e. The maximum absolute atomic E-state index is 13.0. The standard InChI is InChI=1S/C19H20O5S/c1-23-17-9-8-16(10-18(17)24-2)25(21,22)13-19(11-15(19)12-20)14-6-4-3-5-7-14/h3-10,12,15H,11,13H2,1-2H3. The Labute approximate surface area is 147 Å². The predicted octanol–water partition coefficient (Wildman–Crippen LogP) is 2.63. The van der Waals surface area contributed by atoms with Gasteiger partial charge in [-0.15, -0.1) is 0 Å². The summed E-state index contributed by atoms with van der Waals surface area (Å²) in [6, 6.07) is 13.9. The van der Waals surface area contributed by atoms with Gasteiger partial charge in [0.15, 0.2) is 21.3 Å². The summed E-state index contributed by atoms with van der Waals surface area (Å²) in [4.78, 5) is 11.5. The molecule has 3 rings (SSSR count). The van der Waals surface area contributed by atoms with Crippen LogP contribution in [0.4, 0.5) is 0 Å². The third-order valence-corrected chi connectivity index (χ3v) is 6.68. The van der Waals surface area contributed by atoms with E-state index in [1.54, 1.807) is 6.07 Å². The fourth-order valence-electron chi connectivity index (χ4n) is 3.30. The van der Waals surface area contributed by atoms with E-state index in [0.29, 0.717) is 17.9 Å². The van der Waals surface area contributed by atoms with Gasteiger partial charge in [-0.25, -0.2) is 8.42 Å². The van der Waals surface area contributed by atoms with E-state index in [-0.39, 0.29) is 16.6 Å². The highest BCUT2D eigenvalue weighted by Crippen LogP contribution is 2.54. The number of hydrogen-bond acceptors (Lipinski definition) is 5. The van der Waals surface area contributed by atoms with Crippen LogP contribution in [0.3, 0.4) is 0 Å².